The van der Waals surface area contributed by atoms with Crippen LogP contribution in [-0.2, 0) is 9.53 Å². The lowest BCUT2D eigenvalue weighted by atomic mass is 9.97. The van der Waals surface area contributed by atoms with Gasteiger partial charge < -0.3 is 20.5 Å². The Morgan fingerprint density at radius 3 is 2.63 bits per heavy atom. The number of aliphatic carboxylic acids is 1. The molecule has 2 unspecified atom stereocenters. The summed E-state index contributed by atoms with van der Waals surface area (Å²) < 4.78 is 5.38. The molecule has 1 aliphatic heterocycles. The fraction of sp³-hybridized carbons (Fsp3) is 0.846. The average molecular weight is 272 g/mol. The van der Waals surface area contributed by atoms with E-state index < -0.39 is 11.9 Å². The van der Waals surface area contributed by atoms with E-state index in [2.05, 4.69) is 10.6 Å². The smallest absolute Gasteiger partial charge is 0.314 e. The highest BCUT2D eigenvalue weighted by molar-refractivity contribution is 5.75. The van der Waals surface area contributed by atoms with Gasteiger partial charge in [0.25, 0.3) is 0 Å². The Labute approximate surface area is 113 Å². The zero-order valence-corrected chi connectivity index (χ0v) is 11.6. The molecule has 0 aromatic carbocycles. The molecule has 1 fully saturated rings. The van der Waals surface area contributed by atoms with E-state index in [1.165, 1.54) is 0 Å². The first-order valence-electron chi connectivity index (χ1n) is 6.85. The molecule has 0 aromatic rings. The van der Waals surface area contributed by atoms with Crippen LogP contribution in [-0.4, -0.2) is 42.9 Å². The van der Waals surface area contributed by atoms with Crippen molar-refractivity contribution in [1.82, 2.24) is 10.6 Å². The van der Waals surface area contributed by atoms with Gasteiger partial charge in [0.1, 0.15) is 0 Å². The van der Waals surface area contributed by atoms with Crippen LogP contribution in [0.5, 0.6) is 0 Å². The lowest BCUT2D eigenvalue weighted by Gasteiger charge is -2.16. The van der Waals surface area contributed by atoms with E-state index in [-0.39, 0.29) is 24.6 Å². The molecule has 0 bridgehead atoms. The summed E-state index contributed by atoms with van der Waals surface area (Å²) in [6, 6.07) is -0.328. The molecule has 0 spiro atoms. The van der Waals surface area contributed by atoms with Gasteiger partial charge in [-0.2, -0.15) is 0 Å². The van der Waals surface area contributed by atoms with E-state index in [1.807, 2.05) is 13.8 Å². The number of carbonyl (C=O) groups is 2. The molecule has 1 heterocycles. The summed E-state index contributed by atoms with van der Waals surface area (Å²) in [7, 11) is 0. The second-order valence-electron chi connectivity index (χ2n) is 5.39. The molecular formula is C13H24N2O4. The summed E-state index contributed by atoms with van der Waals surface area (Å²) in [5.41, 5.74) is 0. The minimum absolute atomic E-state index is 0.0942. The third kappa shape index (κ3) is 6.42. The van der Waals surface area contributed by atoms with Crippen molar-refractivity contribution in [2.75, 3.05) is 19.7 Å². The number of hydrogen-bond donors (Lipinski definition) is 3. The van der Waals surface area contributed by atoms with Crippen LogP contribution in [0.2, 0.25) is 0 Å². The predicted octanol–water partition coefficient (Wildman–Crippen LogP) is 1.21. The van der Waals surface area contributed by atoms with Gasteiger partial charge in [-0.05, 0) is 25.2 Å². The largest absolute Gasteiger partial charge is 0.481 e. The molecule has 0 aliphatic carbocycles. The fourth-order valence-electron chi connectivity index (χ4n) is 2.13. The molecule has 2 amide bonds. The fourth-order valence-corrected chi connectivity index (χ4v) is 2.13. The Balaban J connectivity index is 2.21. The van der Waals surface area contributed by atoms with Crippen LogP contribution in [0.25, 0.3) is 0 Å². The molecule has 2 atom stereocenters. The van der Waals surface area contributed by atoms with Crippen molar-refractivity contribution in [3.63, 3.8) is 0 Å². The van der Waals surface area contributed by atoms with Gasteiger partial charge in [-0.15, -0.1) is 0 Å². The number of carboxylic acids is 1. The van der Waals surface area contributed by atoms with Crippen LogP contribution in [0.3, 0.4) is 0 Å². The third-order valence-corrected chi connectivity index (χ3v) is 3.13. The number of rotatable bonds is 7. The Morgan fingerprint density at radius 2 is 2.11 bits per heavy atom. The number of nitrogens with one attached hydrogen (secondary N) is 2. The van der Waals surface area contributed by atoms with Crippen molar-refractivity contribution >= 4 is 12.0 Å². The van der Waals surface area contributed by atoms with Crippen LogP contribution in [0.15, 0.2) is 0 Å². The normalized spacial score (nSPS) is 20.3. The predicted molar refractivity (Wildman–Crippen MR) is 71.0 cm³/mol. The minimum atomic E-state index is -0.867. The standard InChI is InChI=1S/C13H24N2O4/c1-9(2)6-10(12(16)17)7-14-13(18)15-8-11-4-3-5-19-11/h9-11H,3-8H2,1-2H3,(H,16,17)(H2,14,15,18). The van der Waals surface area contributed by atoms with Gasteiger partial charge in [-0.25, -0.2) is 4.79 Å². The highest BCUT2D eigenvalue weighted by Gasteiger charge is 2.20. The number of carboxylic acid groups (broad SMARTS) is 1. The van der Waals surface area contributed by atoms with Gasteiger partial charge in [0.05, 0.1) is 12.0 Å². The summed E-state index contributed by atoms with van der Waals surface area (Å²) in [6.45, 7) is 5.32. The topological polar surface area (TPSA) is 87.7 Å². The van der Waals surface area contributed by atoms with Gasteiger partial charge in [-0.3, -0.25) is 4.79 Å². The lowest BCUT2D eigenvalue weighted by molar-refractivity contribution is -0.142. The molecule has 6 nitrogen and oxygen atoms in total. The number of carbonyl (C=O) groups excluding carboxylic acids is 1. The summed E-state index contributed by atoms with van der Waals surface area (Å²) in [5.74, 6) is -1.11. The first-order chi connectivity index (χ1) is 8.99. The van der Waals surface area contributed by atoms with E-state index in [0.29, 0.717) is 13.0 Å². The van der Waals surface area contributed by atoms with Gasteiger partial charge in [0.15, 0.2) is 0 Å². The molecule has 1 rings (SSSR count). The number of ether oxygens (including phenoxy) is 1. The second-order valence-corrected chi connectivity index (χ2v) is 5.39. The van der Waals surface area contributed by atoms with Gasteiger partial charge in [0, 0.05) is 19.7 Å². The minimum Gasteiger partial charge on any atom is -0.481 e. The summed E-state index contributed by atoms with van der Waals surface area (Å²) >= 11 is 0. The highest BCUT2D eigenvalue weighted by Crippen LogP contribution is 2.11. The van der Waals surface area contributed by atoms with Crippen LogP contribution in [0.1, 0.15) is 33.1 Å². The molecule has 6 heteroatoms. The van der Waals surface area contributed by atoms with Crippen molar-refractivity contribution in [3.05, 3.63) is 0 Å². The van der Waals surface area contributed by atoms with Gasteiger partial charge in [-0.1, -0.05) is 13.8 Å². The zero-order chi connectivity index (χ0) is 14.3. The molecule has 110 valence electrons. The maximum atomic E-state index is 11.5. The van der Waals surface area contributed by atoms with Crippen LogP contribution >= 0.6 is 0 Å². The average Bonchev–Trinajstić information content (AvgIpc) is 2.84. The van der Waals surface area contributed by atoms with E-state index in [0.717, 1.165) is 19.4 Å². The SMILES string of the molecule is CC(C)CC(CNC(=O)NCC1CCCO1)C(=O)O. The second kappa shape index (κ2) is 7.99. The Morgan fingerprint density at radius 1 is 1.37 bits per heavy atom. The molecular weight excluding hydrogens is 248 g/mol. The zero-order valence-electron chi connectivity index (χ0n) is 11.6. The molecule has 0 aromatic heterocycles. The highest BCUT2D eigenvalue weighted by atomic mass is 16.5. The first-order valence-corrected chi connectivity index (χ1v) is 6.85. The maximum Gasteiger partial charge on any atom is 0.314 e. The van der Waals surface area contributed by atoms with Crippen LogP contribution in [0, 0.1) is 11.8 Å². The Kier molecular flexibility index (Phi) is 6.62. The summed E-state index contributed by atoms with van der Waals surface area (Å²) in [6.07, 6.45) is 2.65. The van der Waals surface area contributed by atoms with E-state index >= 15 is 0 Å². The van der Waals surface area contributed by atoms with Gasteiger partial charge in [0.2, 0.25) is 0 Å². The Hall–Kier alpha value is -1.30. The maximum absolute atomic E-state index is 11.5. The number of amides is 2. The van der Waals surface area contributed by atoms with Crippen molar-refractivity contribution in [2.24, 2.45) is 11.8 Å². The first kappa shape index (κ1) is 15.8. The molecule has 1 aliphatic rings. The van der Waals surface area contributed by atoms with E-state index in [1.54, 1.807) is 0 Å². The van der Waals surface area contributed by atoms with Crippen molar-refractivity contribution < 1.29 is 19.4 Å². The Bertz CT molecular complexity index is 301. The number of urea groups is 1. The van der Waals surface area contributed by atoms with Crippen LogP contribution < -0.4 is 10.6 Å². The van der Waals surface area contributed by atoms with Crippen molar-refractivity contribution in [1.29, 1.82) is 0 Å². The van der Waals surface area contributed by atoms with Crippen molar-refractivity contribution in [3.8, 4) is 0 Å². The summed E-state index contributed by atoms with van der Waals surface area (Å²) in [4.78, 5) is 22.6. The third-order valence-electron chi connectivity index (χ3n) is 3.13. The number of hydrogen-bond acceptors (Lipinski definition) is 3. The molecule has 3 N–H and O–H groups in total. The molecule has 0 saturated carbocycles. The lowest BCUT2D eigenvalue weighted by Crippen LogP contribution is -2.42. The van der Waals surface area contributed by atoms with E-state index in [4.69, 9.17) is 9.84 Å². The molecule has 19 heavy (non-hydrogen) atoms. The quantitative estimate of drug-likeness (QED) is 0.650. The van der Waals surface area contributed by atoms with Gasteiger partial charge >= 0.3 is 12.0 Å². The molecule has 1 saturated heterocycles. The van der Waals surface area contributed by atoms with Crippen molar-refractivity contribution in [2.45, 2.75) is 39.2 Å². The molecule has 0 radical (unpaired) electrons. The monoisotopic (exact) mass is 272 g/mol. The van der Waals surface area contributed by atoms with E-state index in [9.17, 15) is 9.59 Å². The van der Waals surface area contributed by atoms with Crippen LogP contribution in [0.4, 0.5) is 4.79 Å². The summed E-state index contributed by atoms with van der Waals surface area (Å²) in [5, 5.41) is 14.4.